The fraction of sp³-hybridized carbons (Fsp3) is 0. The molecule has 0 radical (unpaired) electrons. The highest BCUT2D eigenvalue weighted by molar-refractivity contribution is 6.41. The van der Waals surface area contributed by atoms with Crippen LogP contribution in [-0.4, -0.2) is 29.2 Å². The average molecular weight is 296 g/mol. The van der Waals surface area contributed by atoms with E-state index in [0.29, 0.717) is 0 Å². The third-order valence-electron chi connectivity index (χ3n) is 2.01. The zero-order chi connectivity index (χ0) is 15.3. The second kappa shape index (κ2) is 6.31. The van der Waals surface area contributed by atoms with Gasteiger partial charge in [0, 0.05) is 0 Å². The Morgan fingerprint density at radius 2 is 1.80 bits per heavy atom. The molecule has 1 aromatic carbocycles. The number of hydrogen-bond acceptors (Lipinski definition) is 5. The van der Waals surface area contributed by atoms with E-state index in [1.54, 1.807) is 6.07 Å². The summed E-state index contributed by atoms with van der Waals surface area (Å²) >= 11 is 5.84. The van der Waals surface area contributed by atoms with Gasteiger partial charge >= 0.3 is 11.9 Å². The molecule has 0 aliphatic rings. The smallest absolute Gasteiger partial charge is 0.394 e. The van der Waals surface area contributed by atoms with Gasteiger partial charge in [0.25, 0.3) is 5.91 Å². The number of aldehydes is 1. The number of nitrogens with zero attached hydrogens (tertiary/aromatic N) is 1. The molecule has 0 saturated heterocycles. The van der Waals surface area contributed by atoms with Crippen molar-refractivity contribution in [2.24, 2.45) is 0 Å². The zero-order valence-electron chi connectivity index (χ0n) is 9.64. The summed E-state index contributed by atoms with van der Waals surface area (Å²) in [5.74, 6) is -4.13. The first-order chi connectivity index (χ1) is 9.38. The highest BCUT2D eigenvalue weighted by atomic mass is 35.5. The van der Waals surface area contributed by atoms with E-state index >= 15 is 0 Å². The maximum absolute atomic E-state index is 11.1. The summed E-state index contributed by atoms with van der Waals surface area (Å²) in [6.45, 7) is 0. The van der Waals surface area contributed by atoms with Gasteiger partial charge in [-0.3, -0.25) is 14.4 Å². The topological polar surface area (TPSA) is 136 Å². The fourth-order valence-electron chi connectivity index (χ4n) is 1.21. The van der Waals surface area contributed by atoms with Gasteiger partial charge in [0.15, 0.2) is 0 Å². The molecule has 0 heterocycles. The second-order valence-corrected chi connectivity index (χ2v) is 3.74. The number of hydrogen-bond donors (Lipinski definition) is 3. The van der Waals surface area contributed by atoms with Crippen LogP contribution in [0, 0.1) is 11.3 Å². The number of rotatable bonds is 3. The summed E-state index contributed by atoms with van der Waals surface area (Å²) in [4.78, 5) is 42.7. The zero-order valence-corrected chi connectivity index (χ0v) is 10.4. The van der Waals surface area contributed by atoms with Crippen molar-refractivity contribution in [3.8, 4) is 6.07 Å². The van der Waals surface area contributed by atoms with Crippen LogP contribution in [0.25, 0.3) is 0 Å². The summed E-state index contributed by atoms with van der Waals surface area (Å²) in [5.41, 5.74) is -0.292. The average Bonchev–Trinajstić information content (AvgIpc) is 2.42. The van der Waals surface area contributed by atoms with E-state index in [4.69, 9.17) is 22.0 Å². The normalized spacial score (nSPS) is 9.20. The number of carbonyl (C=O) groups is 4. The lowest BCUT2D eigenvalue weighted by Crippen LogP contribution is -2.22. The lowest BCUT2D eigenvalue weighted by Gasteiger charge is -2.10. The van der Waals surface area contributed by atoms with Crippen LogP contribution in [0.15, 0.2) is 12.1 Å². The molecular weight excluding hydrogens is 290 g/mol. The minimum Gasteiger partial charge on any atom is -0.474 e. The molecule has 0 bridgehead atoms. The Morgan fingerprint density at radius 3 is 2.25 bits per heavy atom. The molecule has 3 N–H and O–H groups in total. The quantitative estimate of drug-likeness (QED) is 0.544. The van der Waals surface area contributed by atoms with Gasteiger partial charge in [-0.05, 0) is 12.1 Å². The van der Waals surface area contributed by atoms with Crippen molar-refractivity contribution in [3.63, 3.8) is 0 Å². The molecule has 102 valence electrons. The third kappa shape index (κ3) is 3.54. The number of nitrogens with one attached hydrogen (secondary N) is 2. The Morgan fingerprint density at radius 1 is 1.25 bits per heavy atom. The Labute approximate surface area is 116 Å². The first-order valence-corrected chi connectivity index (χ1v) is 5.31. The molecule has 0 saturated carbocycles. The van der Waals surface area contributed by atoms with Crippen LogP contribution < -0.4 is 10.6 Å². The van der Waals surface area contributed by atoms with Gasteiger partial charge in [-0.1, -0.05) is 11.6 Å². The molecule has 20 heavy (non-hydrogen) atoms. The van der Waals surface area contributed by atoms with Crippen molar-refractivity contribution in [1.82, 2.24) is 0 Å². The van der Waals surface area contributed by atoms with E-state index in [1.807, 2.05) is 5.32 Å². The molecule has 0 fully saturated rings. The van der Waals surface area contributed by atoms with Crippen molar-refractivity contribution in [2.45, 2.75) is 0 Å². The molecule has 8 nitrogen and oxygen atoms in total. The number of benzene rings is 1. The number of carboxylic acid groups (broad SMARTS) is 1. The van der Waals surface area contributed by atoms with Crippen LogP contribution in [0.2, 0.25) is 5.02 Å². The number of halogens is 1. The van der Waals surface area contributed by atoms with E-state index in [2.05, 4.69) is 5.32 Å². The largest absolute Gasteiger partial charge is 0.474 e. The summed E-state index contributed by atoms with van der Waals surface area (Å²) in [6, 6.07) is 4.02. The van der Waals surface area contributed by atoms with E-state index in [1.165, 1.54) is 6.07 Å². The van der Waals surface area contributed by atoms with Crippen LogP contribution in [0.1, 0.15) is 5.56 Å². The summed E-state index contributed by atoms with van der Waals surface area (Å²) in [6.07, 6.45) is -0.00905. The third-order valence-corrected chi connectivity index (χ3v) is 2.42. The molecule has 0 aliphatic heterocycles. The predicted molar refractivity (Wildman–Crippen MR) is 67.1 cm³/mol. The first kappa shape index (κ1) is 15.1. The minimum atomic E-state index is -1.75. The minimum absolute atomic E-state index is 0.00344. The summed E-state index contributed by atoms with van der Waals surface area (Å²) in [5, 5.41) is 21.1. The molecule has 0 aliphatic carbocycles. The van der Waals surface area contributed by atoms with Gasteiger partial charge in [0.05, 0.1) is 28.0 Å². The van der Waals surface area contributed by atoms with Crippen LogP contribution >= 0.6 is 11.6 Å². The molecule has 0 spiro atoms. The molecule has 2 amide bonds. The molecular formula is C11H6ClN3O5. The van der Waals surface area contributed by atoms with Gasteiger partial charge in [0.1, 0.15) is 0 Å². The highest BCUT2D eigenvalue weighted by Crippen LogP contribution is 2.31. The van der Waals surface area contributed by atoms with E-state index in [9.17, 15) is 19.2 Å². The van der Waals surface area contributed by atoms with Crippen molar-refractivity contribution >= 4 is 47.0 Å². The van der Waals surface area contributed by atoms with Gasteiger partial charge in [-0.25, -0.2) is 4.79 Å². The van der Waals surface area contributed by atoms with Gasteiger partial charge in [-0.2, -0.15) is 5.26 Å². The first-order valence-electron chi connectivity index (χ1n) is 4.93. The van der Waals surface area contributed by atoms with Crippen LogP contribution in [0.3, 0.4) is 0 Å². The maximum atomic E-state index is 11.1. The Balaban J connectivity index is 3.24. The standard InChI is InChI=1S/C11H6ClN3O5/c12-9-6(14-8(17)4-16)1-5(3-13)2-7(9)15-10(18)11(19)20/h1-2,4H,(H,14,17)(H,15,18)(H,19,20). The SMILES string of the molecule is N#Cc1cc(NC(=O)C=O)c(Cl)c(NC(=O)C(=O)O)c1. The Kier molecular flexibility index (Phi) is 4.77. The van der Waals surface area contributed by atoms with E-state index in [0.717, 1.165) is 6.07 Å². The number of amides is 2. The number of carbonyl (C=O) groups excluding carboxylic acids is 3. The fourth-order valence-corrected chi connectivity index (χ4v) is 1.41. The molecule has 1 rings (SSSR count). The summed E-state index contributed by atoms with van der Waals surface area (Å²) < 4.78 is 0. The number of nitriles is 1. The summed E-state index contributed by atoms with van der Waals surface area (Å²) in [7, 11) is 0. The number of carboxylic acids is 1. The van der Waals surface area contributed by atoms with Crippen molar-refractivity contribution < 1.29 is 24.3 Å². The van der Waals surface area contributed by atoms with Gasteiger partial charge < -0.3 is 15.7 Å². The van der Waals surface area contributed by atoms with E-state index in [-0.39, 0.29) is 28.2 Å². The van der Waals surface area contributed by atoms with Crippen molar-refractivity contribution in [1.29, 1.82) is 5.26 Å². The Hall–Kier alpha value is -2.92. The molecule has 0 aromatic heterocycles. The lowest BCUT2D eigenvalue weighted by molar-refractivity contribution is -0.147. The van der Waals surface area contributed by atoms with Gasteiger partial charge in [-0.15, -0.1) is 0 Å². The van der Waals surface area contributed by atoms with Crippen LogP contribution in [0.5, 0.6) is 0 Å². The van der Waals surface area contributed by atoms with E-state index < -0.39 is 17.8 Å². The van der Waals surface area contributed by atoms with Crippen LogP contribution in [-0.2, 0) is 19.2 Å². The number of anilines is 2. The van der Waals surface area contributed by atoms with Gasteiger partial charge in [0.2, 0.25) is 6.29 Å². The van der Waals surface area contributed by atoms with Crippen molar-refractivity contribution in [3.05, 3.63) is 22.7 Å². The molecule has 1 aromatic rings. The predicted octanol–water partition coefficient (Wildman–Crippen LogP) is 0.372. The lowest BCUT2D eigenvalue weighted by atomic mass is 10.2. The van der Waals surface area contributed by atoms with Crippen molar-refractivity contribution in [2.75, 3.05) is 10.6 Å². The Bertz CT molecular complexity index is 650. The number of aliphatic carboxylic acids is 1. The maximum Gasteiger partial charge on any atom is 0.394 e. The molecule has 0 unspecified atom stereocenters. The molecule has 9 heteroatoms. The van der Waals surface area contributed by atoms with Crippen LogP contribution in [0.4, 0.5) is 11.4 Å². The second-order valence-electron chi connectivity index (χ2n) is 3.36. The monoisotopic (exact) mass is 295 g/mol. The molecule has 0 atom stereocenters. The highest BCUT2D eigenvalue weighted by Gasteiger charge is 2.17.